The predicted molar refractivity (Wildman–Crippen MR) is 65.7 cm³/mol. The Balaban J connectivity index is 2.91. The SMILES string of the molecule is CCc1ccc(C(=O)OC(CO)CO)c(OC)c1. The number of hydrogen-bond donors (Lipinski definition) is 2. The number of hydrogen-bond acceptors (Lipinski definition) is 5. The van der Waals surface area contributed by atoms with Crippen molar-refractivity contribution in [1.82, 2.24) is 0 Å². The maximum Gasteiger partial charge on any atom is 0.342 e. The molecule has 100 valence electrons. The highest BCUT2D eigenvalue weighted by atomic mass is 16.6. The van der Waals surface area contributed by atoms with Crippen LogP contribution >= 0.6 is 0 Å². The third kappa shape index (κ3) is 3.45. The molecular weight excluding hydrogens is 236 g/mol. The molecule has 0 atom stereocenters. The first-order chi connectivity index (χ1) is 8.65. The molecule has 0 aromatic heterocycles. The Kier molecular flexibility index (Phi) is 5.61. The normalized spacial score (nSPS) is 10.5. The van der Waals surface area contributed by atoms with E-state index < -0.39 is 25.3 Å². The lowest BCUT2D eigenvalue weighted by Crippen LogP contribution is -2.25. The molecule has 1 rings (SSSR count). The van der Waals surface area contributed by atoms with E-state index in [1.165, 1.54) is 7.11 Å². The Bertz CT molecular complexity index is 398. The summed E-state index contributed by atoms with van der Waals surface area (Å²) in [5.74, 6) is -0.198. The minimum Gasteiger partial charge on any atom is -0.496 e. The molecule has 0 aliphatic carbocycles. The van der Waals surface area contributed by atoms with E-state index in [-0.39, 0.29) is 5.56 Å². The monoisotopic (exact) mass is 254 g/mol. The summed E-state index contributed by atoms with van der Waals surface area (Å²) in [4.78, 5) is 11.8. The maximum absolute atomic E-state index is 11.8. The number of rotatable bonds is 6. The predicted octanol–water partition coefficient (Wildman–Crippen LogP) is 0.768. The summed E-state index contributed by atoms with van der Waals surface area (Å²) < 4.78 is 10.1. The molecule has 0 saturated carbocycles. The van der Waals surface area contributed by atoms with Gasteiger partial charge in [0.2, 0.25) is 0 Å². The third-order valence-corrected chi connectivity index (χ3v) is 2.58. The lowest BCUT2D eigenvalue weighted by Gasteiger charge is -2.14. The van der Waals surface area contributed by atoms with E-state index in [0.29, 0.717) is 5.75 Å². The van der Waals surface area contributed by atoms with Gasteiger partial charge in [0.1, 0.15) is 17.4 Å². The number of benzene rings is 1. The molecule has 0 radical (unpaired) electrons. The number of carbonyl (C=O) groups is 1. The second kappa shape index (κ2) is 6.98. The van der Waals surface area contributed by atoms with E-state index in [9.17, 15) is 4.79 Å². The van der Waals surface area contributed by atoms with Gasteiger partial charge in [0.15, 0.2) is 0 Å². The van der Waals surface area contributed by atoms with Gasteiger partial charge in [0, 0.05) is 0 Å². The van der Waals surface area contributed by atoms with Crippen molar-refractivity contribution >= 4 is 5.97 Å². The molecule has 0 aliphatic rings. The Labute approximate surface area is 106 Å². The lowest BCUT2D eigenvalue weighted by atomic mass is 10.1. The molecule has 1 aromatic rings. The van der Waals surface area contributed by atoms with Crippen LogP contribution in [-0.2, 0) is 11.2 Å². The van der Waals surface area contributed by atoms with Crippen LogP contribution in [0.5, 0.6) is 5.75 Å². The molecule has 0 amide bonds. The average Bonchev–Trinajstić information content (AvgIpc) is 2.43. The third-order valence-electron chi connectivity index (χ3n) is 2.58. The molecule has 0 aliphatic heterocycles. The second-order valence-corrected chi connectivity index (χ2v) is 3.78. The van der Waals surface area contributed by atoms with Crippen molar-refractivity contribution in [3.8, 4) is 5.75 Å². The van der Waals surface area contributed by atoms with Crippen molar-refractivity contribution in [1.29, 1.82) is 0 Å². The fourth-order valence-electron chi connectivity index (χ4n) is 1.47. The Morgan fingerprint density at radius 1 is 1.33 bits per heavy atom. The van der Waals surface area contributed by atoms with Crippen molar-refractivity contribution in [3.63, 3.8) is 0 Å². The summed E-state index contributed by atoms with van der Waals surface area (Å²) in [6, 6.07) is 5.20. The van der Waals surface area contributed by atoms with Crippen molar-refractivity contribution in [3.05, 3.63) is 29.3 Å². The number of ether oxygens (including phenoxy) is 2. The van der Waals surface area contributed by atoms with E-state index >= 15 is 0 Å². The van der Waals surface area contributed by atoms with E-state index in [0.717, 1.165) is 12.0 Å². The minimum atomic E-state index is -0.909. The summed E-state index contributed by atoms with van der Waals surface area (Å²) in [7, 11) is 1.47. The quantitative estimate of drug-likeness (QED) is 0.733. The van der Waals surface area contributed by atoms with Gasteiger partial charge in [-0.05, 0) is 24.1 Å². The number of carbonyl (C=O) groups excluding carboxylic acids is 1. The largest absolute Gasteiger partial charge is 0.496 e. The zero-order chi connectivity index (χ0) is 13.5. The molecule has 5 heteroatoms. The molecule has 18 heavy (non-hydrogen) atoms. The number of aliphatic hydroxyl groups is 2. The van der Waals surface area contributed by atoms with Crippen LogP contribution in [-0.4, -0.2) is 42.6 Å². The van der Waals surface area contributed by atoms with E-state index in [1.807, 2.05) is 13.0 Å². The van der Waals surface area contributed by atoms with Gasteiger partial charge in [0.25, 0.3) is 0 Å². The van der Waals surface area contributed by atoms with Crippen LogP contribution in [0.4, 0.5) is 0 Å². The van der Waals surface area contributed by atoms with Gasteiger partial charge in [-0.2, -0.15) is 0 Å². The topological polar surface area (TPSA) is 76.0 Å². The van der Waals surface area contributed by atoms with Crippen LogP contribution in [0, 0.1) is 0 Å². The molecule has 0 unspecified atom stereocenters. The van der Waals surface area contributed by atoms with Crippen molar-refractivity contribution < 1.29 is 24.5 Å². The highest BCUT2D eigenvalue weighted by Crippen LogP contribution is 2.21. The van der Waals surface area contributed by atoms with Crippen LogP contribution in [0.15, 0.2) is 18.2 Å². The second-order valence-electron chi connectivity index (χ2n) is 3.78. The molecule has 0 fully saturated rings. The number of aryl methyl sites for hydroxylation is 1. The molecular formula is C13H18O5. The average molecular weight is 254 g/mol. The standard InChI is InChI=1S/C13H18O5/c1-3-9-4-5-11(12(6-9)17-2)13(16)18-10(7-14)8-15/h4-6,10,14-15H,3,7-8H2,1-2H3. The van der Waals surface area contributed by atoms with Gasteiger partial charge in [0.05, 0.1) is 20.3 Å². The van der Waals surface area contributed by atoms with Gasteiger partial charge >= 0.3 is 5.97 Å². The summed E-state index contributed by atoms with van der Waals surface area (Å²) in [5, 5.41) is 17.7. The van der Waals surface area contributed by atoms with Crippen LogP contribution in [0.3, 0.4) is 0 Å². The van der Waals surface area contributed by atoms with Crippen LogP contribution in [0.25, 0.3) is 0 Å². The zero-order valence-corrected chi connectivity index (χ0v) is 10.5. The molecule has 2 N–H and O–H groups in total. The summed E-state index contributed by atoms with van der Waals surface area (Å²) in [6.07, 6.45) is -0.0743. The van der Waals surface area contributed by atoms with E-state index in [2.05, 4.69) is 0 Å². The summed E-state index contributed by atoms with van der Waals surface area (Å²) >= 11 is 0. The van der Waals surface area contributed by atoms with Gasteiger partial charge in [-0.15, -0.1) is 0 Å². The van der Waals surface area contributed by atoms with Crippen LogP contribution in [0.2, 0.25) is 0 Å². The highest BCUT2D eigenvalue weighted by Gasteiger charge is 2.18. The van der Waals surface area contributed by atoms with Crippen molar-refractivity contribution in [2.45, 2.75) is 19.4 Å². The first-order valence-electron chi connectivity index (χ1n) is 5.75. The minimum absolute atomic E-state index is 0.279. The van der Waals surface area contributed by atoms with Gasteiger partial charge in [-0.1, -0.05) is 13.0 Å². The molecule has 0 spiro atoms. The number of esters is 1. The van der Waals surface area contributed by atoms with Crippen molar-refractivity contribution in [2.24, 2.45) is 0 Å². The number of aliphatic hydroxyl groups excluding tert-OH is 2. The fraction of sp³-hybridized carbons (Fsp3) is 0.462. The maximum atomic E-state index is 11.8. The first kappa shape index (κ1) is 14.5. The Morgan fingerprint density at radius 2 is 2.00 bits per heavy atom. The van der Waals surface area contributed by atoms with Crippen molar-refractivity contribution in [2.75, 3.05) is 20.3 Å². The smallest absolute Gasteiger partial charge is 0.342 e. The highest BCUT2D eigenvalue weighted by molar-refractivity contribution is 5.92. The Hall–Kier alpha value is -1.59. The molecule has 5 nitrogen and oxygen atoms in total. The van der Waals surface area contributed by atoms with Gasteiger partial charge < -0.3 is 19.7 Å². The molecule has 0 heterocycles. The van der Waals surface area contributed by atoms with E-state index in [1.54, 1.807) is 12.1 Å². The summed E-state index contributed by atoms with van der Waals surface area (Å²) in [6.45, 7) is 1.16. The molecule has 0 saturated heterocycles. The number of methoxy groups -OCH3 is 1. The molecule has 1 aromatic carbocycles. The van der Waals surface area contributed by atoms with Gasteiger partial charge in [-0.3, -0.25) is 0 Å². The molecule has 0 bridgehead atoms. The lowest BCUT2D eigenvalue weighted by molar-refractivity contribution is -0.00568. The van der Waals surface area contributed by atoms with Gasteiger partial charge in [-0.25, -0.2) is 4.79 Å². The summed E-state index contributed by atoms with van der Waals surface area (Å²) in [5.41, 5.74) is 1.32. The van der Waals surface area contributed by atoms with Crippen LogP contribution in [0.1, 0.15) is 22.8 Å². The first-order valence-corrected chi connectivity index (χ1v) is 5.75. The van der Waals surface area contributed by atoms with Crippen LogP contribution < -0.4 is 4.74 Å². The van der Waals surface area contributed by atoms with E-state index in [4.69, 9.17) is 19.7 Å². The Morgan fingerprint density at radius 3 is 2.50 bits per heavy atom. The zero-order valence-electron chi connectivity index (χ0n) is 10.5. The fourth-order valence-corrected chi connectivity index (χ4v) is 1.47.